The Morgan fingerprint density at radius 3 is 2.76 bits per heavy atom. The van der Waals surface area contributed by atoms with Gasteiger partial charge in [-0.2, -0.15) is 5.10 Å². The second-order valence-corrected chi connectivity index (χ2v) is 9.53. The van der Waals surface area contributed by atoms with Crippen LogP contribution in [-0.2, 0) is 30.7 Å². The normalized spacial score (nSPS) is 20.6. The third-order valence-electron chi connectivity index (χ3n) is 4.54. The van der Waals surface area contributed by atoms with Crippen LogP contribution in [0.5, 0.6) is 0 Å². The summed E-state index contributed by atoms with van der Waals surface area (Å²) in [6.45, 7) is 1.82. The molecular weight excluding hydrogens is 394 g/mol. The molecule has 8 nitrogen and oxygen atoms in total. The van der Waals surface area contributed by atoms with Crippen LogP contribution in [0.2, 0.25) is 0 Å². The summed E-state index contributed by atoms with van der Waals surface area (Å²) in [5, 5.41) is 6.87. The molecule has 1 aromatic heterocycles. The van der Waals surface area contributed by atoms with Crippen LogP contribution in [0.3, 0.4) is 0 Å². The van der Waals surface area contributed by atoms with Crippen molar-refractivity contribution >= 4 is 27.8 Å². The molecule has 1 N–H and O–H groups in total. The maximum absolute atomic E-state index is 12.0. The van der Waals surface area contributed by atoms with E-state index in [0.29, 0.717) is 13.0 Å². The first-order valence-corrected chi connectivity index (χ1v) is 11.0. The number of nitrogens with one attached hydrogen (secondary N) is 1. The minimum atomic E-state index is -3.13. The van der Waals surface area contributed by atoms with Gasteiger partial charge in [0.25, 0.3) is 5.91 Å². The lowest BCUT2D eigenvalue weighted by molar-refractivity contribution is -0.144. The SMILES string of the molecule is C[C@]1(NC(=O)COC(=O)/C=C/c2cnn(Cc3ccccc3)c2)CCS(=O)(=O)C1. The van der Waals surface area contributed by atoms with Gasteiger partial charge >= 0.3 is 5.97 Å². The van der Waals surface area contributed by atoms with Gasteiger partial charge in [-0.05, 0) is 25.0 Å². The van der Waals surface area contributed by atoms with Crippen molar-refractivity contribution in [3.63, 3.8) is 0 Å². The molecule has 29 heavy (non-hydrogen) atoms. The fourth-order valence-electron chi connectivity index (χ4n) is 3.15. The third-order valence-corrected chi connectivity index (χ3v) is 6.45. The van der Waals surface area contributed by atoms with E-state index in [0.717, 1.165) is 11.1 Å². The Hall–Kier alpha value is -2.94. The topological polar surface area (TPSA) is 107 Å². The molecule has 1 aliphatic rings. The summed E-state index contributed by atoms with van der Waals surface area (Å²) in [6, 6.07) is 9.86. The highest BCUT2D eigenvalue weighted by Gasteiger charge is 2.39. The Kier molecular flexibility index (Phi) is 6.17. The molecule has 1 atom stereocenters. The van der Waals surface area contributed by atoms with Crippen molar-refractivity contribution in [3.05, 3.63) is 59.9 Å². The average molecular weight is 417 g/mol. The van der Waals surface area contributed by atoms with Crippen LogP contribution in [0, 0.1) is 0 Å². The lowest BCUT2D eigenvalue weighted by Gasteiger charge is -2.23. The molecule has 1 aliphatic heterocycles. The predicted octanol–water partition coefficient (Wildman–Crippen LogP) is 1.18. The average Bonchev–Trinajstić information content (AvgIpc) is 3.22. The van der Waals surface area contributed by atoms with Gasteiger partial charge in [-0.3, -0.25) is 9.48 Å². The first kappa shape index (κ1) is 20.8. The number of hydrogen-bond donors (Lipinski definition) is 1. The zero-order chi connectivity index (χ0) is 20.9. The summed E-state index contributed by atoms with van der Waals surface area (Å²) < 4.78 is 29.8. The number of carbonyl (C=O) groups excluding carboxylic acids is 2. The lowest BCUT2D eigenvalue weighted by Crippen LogP contribution is -2.48. The number of ether oxygens (including phenoxy) is 1. The number of hydrogen-bond acceptors (Lipinski definition) is 6. The van der Waals surface area contributed by atoms with E-state index in [1.165, 1.54) is 6.08 Å². The van der Waals surface area contributed by atoms with Crippen LogP contribution >= 0.6 is 0 Å². The fraction of sp³-hybridized carbons (Fsp3) is 0.350. The number of benzene rings is 1. The highest BCUT2D eigenvalue weighted by atomic mass is 32.2. The molecule has 0 radical (unpaired) electrons. The molecule has 0 unspecified atom stereocenters. The minimum absolute atomic E-state index is 0.0459. The molecule has 0 spiro atoms. The van der Waals surface area contributed by atoms with Gasteiger partial charge in [-0.1, -0.05) is 30.3 Å². The lowest BCUT2D eigenvalue weighted by atomic mass is 10.0. The molecule has 0 aliphatic carbocycles. The number of amides is 1. The molecule has 2 aromatic rings. The van der Waals surface area contributed by atoms with Crippen molar-refractivity contribution in [1.29, 1.82) is 0 Å². The first-order valence-electron chi connectivity index (χ1n) is 9.16. The highest BCUT2D eigenvalue weighted by Crippen LogP contribution is 2.22. The maximum atomic E-state index is 12.0. The van der Waals surface area contributed by atoms with Crippen molar-refractivity contribution in [2.75, 3.05) is 18.1 Å². The minimum Gasteiger partial charge on any atom is -0.452 e. The van der Waals surface area contributed by atoms with Crippen molar-refractivity contribution in [3.8, 4) is 0 Å². The third kappa shape index (κ3) is 6.28. The largest absolute Gasteiger partial charge is 0.452 e. The van der Waals surface area contributed by atoms with Gasteiger partial charge in [0, 0.05) is 17.8 Å². The summed E-state index contributed by atoms with van der Waals surface area (Å²) in [6.07, 6.45) is 6.55. The number of aromatic nitrogens is 2. The molecule has 1 amide bonds. The van der Waals surface area contributed by atoms with Gasteiger partial charge in [0.1, 0.15) is 0 Å². The Morgan fingerprint density at radius 2 is 2.07 bits per heavy atom. The zero-order valence-electron chi connectivity index (χ0n) is 16.1. The standard InChI is InChI=1S/C20H23N3O5S/c1-20(9-10-29(26,27)15-20)22-18(24)14-28-19(25)8-7-17-11-21-23(13-17)12-16-5-3-2-4-6-16/h2-8,11,13H,9-10,12,14-15H2,1H3,(H,22,24)/b8-7+/t20-/m0/s1. The Bertz CT molecular complexity index is 1010. The van der Waals surface area contributed by atoms with Crippen molar-refractivity contribution in [2.24, 2.45) is 0 Å². The summed E-state index contributed by atoms with van der Waals surface area (Å²) in [4.78, 5) is 23.8. The van der Waals surface area contributed by atoms with Gasteiger partial charge in [-0.15, -0.1) is 0 Å². The van der Waals surface area contributed by atoms with E-state index in [-0.39, 0.29) is 11.5 Å². The van der Waals surface area contributed by atoms with E-state index in [1.807, 2.05) is 30.3 Å². The van der Waals surface area contributed by atoms with Crippen LogP contribution in [0.25, 0.3) is 6.08 Å². The van der Waals surface area contributed by atoms with Crippen molar-refractivity contribution in [2.45, 2.75) is 25.4 Å². The highest BCUT2D eigenvalue weighted by molar-refractivity contribution is 7.91. The second-order valence-electron chi connectivity index (χ2n) is 7.35. The van der Waals surface area contributed by atoms with E-state index < -0.39 is 33.9 Å². The van der Waals surface area contributed by atoms with Crippen LogP contribution in [-0.4, -0.2) is 53.7 Å². The van der Waals surface area contributed by atoms with Gasteiger partial charge in [0.2, 0.25) is 0 Å². The van der Waals surface area contributed by atoms with E-state index >= 15 is 0 Å². The second kappa shape index (κ2) is 8.60. The van der Waals surface area contributed by atoms with Crippen molar-refractivity contribution in [1.82, 2.24) is 15.1 Å². The van der Waals surface area contributed by atoms with Gasteiger partial charge in [-0.25, -0.2) is 13.2 Å². The summed E-state index contributed by atoms with van der Waals surface area (Å²) in [7, 11) is -3.13. The van der Waals surface area contributed by atoms with Crippen molar-refractivity contribution < 1.29 is 22.7 Å². The number of nitrogens with zero attached hydrogens (tertiary/aromatic N) is 2. The summed E-state index contributed by atoms with van der Waals surface area (Å²) in [5.41, 5.74) is 1.03. The summed E-state index contributed by atoms with van der Waals surface area (Å²) in [5.74, 6) is -1.25. The van der Waals surface area contributed by atoms with Crippen LogP contribution in [0.4, 0.5) is 0 Å². The van der Waals surface area contributed by atoms with E-state index in [2.05, 4.69) is 10.4 Å². The Morgan fingerprint density at radius 1 is 1.31 bits per heavy atom. The van der Waals surface area contributed by atoms with Gasteiger partial charge in [0.05, 0.1) is 29.8 Å². The van der Waals surface area contributed by atoms with E-state index in [4.69, 9.17) is 4.74 Å². The smallest absolute Gasteiger partial charge is 0.331 e. The molecule has 0 saturated carbocycles. The van der Waals surface area contributed by atoms with Crippen LogP contribution in [0.1, 0.15) is 24.5 Å². The molecule has 2 heterocycles. The summed E-state index contributed by atoms with van der Waals surface area (Å²) >= 11 is 0. The van der Waals surface area contributed by atoms with Gasteiger partial charge in [0.15, 0.2) is 16.4 Å². The number of rotatable bonds is 7. The molecule has 3 rings (SSSR count). The van der Waals surface area contributed by atoms with E-state index in [1.54, 1.807) is 30.1 Å². The van der Waals surface area contributed by atoms with Gasteiger partial charge < -0.3 is 10.1 Å². The number of carbonyl (C=O) groups is 2. The number of sulfone groups is 1. The molecule has 1 saturated heterocycles. The Labute approximate surface area is 169 Å². The number of esters is 1. The first-order chi connectivity index (χ1) is 13.7. The Balaban J connectivity index is 1.45. The quantitative estimate of drug-likeness (QED) is 0.536. The fourth-order valence-corrected chi connectivity index (χ4v) is 5.25. The maximum Gasteiger partial charge on any atom is 0.331 e. The predicted molar refractivity (Wildman–Crippen MR) is 108 cm³/mol. The molecule has 1 aromatic carbocycles. The molecule has 9 heteroatoms. The molecule has 154 valence electrons. The molecular formula is C20H23N3O5S. The molecule has 0 bridgehead atoms. The zero-order valence-corrected chi connectivity index (χ0v) is 16.9. The van der Waals surface area contributed by atoms with E-state index in [9.17, 15) is 18.0 Å². The molecule has 1 fully saturated rings. The van der Waals surface area contributed by atoms with Crippen LogP contribution in [0.15, 0.2) is 48.8 Å². The van der Waals surface area contributed by atoms with Crippen LogP contribution < -0.4 is 5.32 Å². The monoisotopic (exact) mass is 417 g/mol.